The van der Waals surface area contributed by atoms with Gasteiger partial charge in [0.25, 0.3) is 0 Å². The van der Waals surface area contributed by atoms with E-state index in [2.05, 4.69) is 32.2 Å². The molecule has 0 fully saturated rings. The second-order valence-corrected chi connectivity index (χ2v) is 4.09. The van der Waals surface area contributed by atoms with Gasteiger partial charge in [0.15, 0.2) is 0 Å². The minimum absolute atomic E-state index is 0.642. The normalized spacial score (nSPS) is 10.8. The van der Waals surface area contributed by atoms with Crippen molar-refractivity contribution in [1.82, 2.24) is 0 Å². The van der Waals surface area contributed by atoms with E-state index >= 15 is 0 Å². The van der Waals surface area contributed by atoms with Crippen LogP contribution in [0.1, 0.15) is 45.4 Å². The van der Waals surface area contributed by atoms with Crippen LogP contribution in [0.2, 0.25) is 0 Å². The van der Waals surface area contributed by atoms with E-state index in [1.54, 1.807) is 0 Å². The Bertz CT molecular complexity index is 175. The molecule has 0 aliphatic heterocycles. The van der Waals surface area contributed by atoms with Gasteiger partial charge in [-0.05, 0) is 18.9 Å². The highest BCUT2D eigenvalue weighted by molar-refractivity contribution is 7.80. The minimum atomic E-state index is 0.642. The van der Waals surface area contributed by atoms with Crippen molar-refractivity contribution >= 4 is 12.6 Å². The second kappa shape index (κ2) is 11.7. The summed E-state index contributed by atoms with van der Waals surface area (Å²) in [7, 11) is 0. The summed E-state index contributed by atoms with van der Waals surface area (Å²) in [6.45, 7) is 6.68. The van der Waals surface area contributed by atoms with Crippen molar-refractivity contribution < 1.29 is 4.74 Å². The van der Waals surface area contributed by atoms with Crippen LogP contribution in [0.5, 0.6) is 0 Å². The number of unbranched alkanes of at least 4 members (excludes halogenated alkanes) is 5. The maximum absolute atomic E-state index is 5.28. The lowest BCUT2D eigenvalue weighted by molar-refractivity contribution is 0.247. The molecule has 0 N–H and O–H groups in total. The Morgan fingerprint density at radius 3 is 2.67 bits per heavy atom. The smallest absolute Gasteiger partial charge is 0.111 e. The van der Waals surface area contributed by atoms with E-state index in [0.717, 1.165) is 17.9 Å². The highest BCUT2D eigenvalue weighted by atomic mass is 32.1. The van der Waals surface area contributed by atoms with Crippen molar-refractivity contribution in [2.24, 2.45) is 0 Å². The molecular weight excluding hydrogens is 204 g/mol. The van der Waals surface area contributed by atoms with Gasteiger partial charge >= 0.3 is 0 Å². The summed E-state index contributed by atoms with van der Waals surface area (Å²) in [6.07, 6.45) is 11.9. The van der Waals surface area contributed by atoms with Gasteiger partial charge in [0.1, 0.15) is 5.76 Å². The molecule has 0 spiro atoms. The van der Waals surface area contributed by atoms with Gasteiger partial charge in [-0.25, -0.2) is 0 Å². The van der Waals surface area contributed by atoms with Crippen LogP contribution < -0.4 is 0 Å². The first kappa shape index (κ1) is 14.6. The molecule has 0 aliphatic rings. The molecule has 0 radical (unpaired) electrons. The van der Waals surface area contributed by atoms with Crippen molar-refractivity contribution in [2.75, 3.05) is 12.4 Å². The van der Waals surface area contributed by atoms with Crippen LogP contribution in [0.25, 0.3) is 0 Å². The molecule has 0 atom stereocenters. The van der Waals surface area contributed by atoms with Crippen LogP contribution in [0.3, 0.4) is 0 Å². The number of rotatable bonds is 10. The molecule has 0 bridgehead atoms. The molecule has 0 aromatic rings. The van der Waals surface area contributed by atoms with Crippen LogP contribution in [0.15, 0.2) is 24.5 Å². The monoisotopic (exact) mass is 228 g/mol. The number of hydrogen-bond donors (Lipinski definition) is 1. The summed E-state index contributed by atoms with van der Waals surface area (Å²) >= 11 is 4.06. The molecule has 1 nitrogen and oxygen atoms in total. The van der Waals surface area contributed by atoms with Gasteiger partial charge in [0.2, 0.25) is 0 Å². The van der Waals surface area contributed by atoms with Gasteiger partial charge in [-0.1, -0.05) is 45.3 Å². The van der Waals surface area contributed by atoms with Gasteiger partial charge in [0.05, 0.1) is 6.61 Å². The largest absolute Gasteiger partial charge is 0.493 e. The first-order valence-corrected chi connectivity index (χ1v) is 6.53. The maximum atomic E-state index is 5.28. The van der Waals surface area contributed by atoms with Gasteiger partial charge in [-0.2, -0.15) is 12.6 Å². The van der Waals surface area contributed by atoms with Crippen molar-refractivity contribution in [3.05, 3.63) is 24.5 Å². The summed E-state index contributed by atoms with van der Waals surface area (Å²) < 4.78 is 5.28. The van der Waals surface area contributed by atoms with Gasteiger partial charge in [-0.15, -0.1) is 0 Å². The molecule has 0 amide bonds. The predicted molar refractivity (Wildman–Crippen MR) is 71.5 cm³/mol. The lowest BCUT2D eigenvalue weighted by Crippen LogP contribution is -1.92. The Balaban J connectivity index is 3.26. The number of thiol groups is 1. The number of ether oxygens (including phenoxy) is 1. The lowest BCUT2D eigenvalue weighted by atomic mass is 10.1. The maximum Gasteiger partial charge on any atom is 0.111 e. The third kappa shape index (κ3) is 11.6. The average molecular weight is 228 g/mol. The zero-order chi connectivity index (χ0) is 11.4. The van der Waals surface area contributed by atoms with E-state index in [1.165, 1.54) is 32.1 Å². The molecule has 0 rings (SSSR count). The minimum Gasteiger partial charge on any atom is -0.493 e. The first-order valence-electron chi connectivity index (χ1n) is 5.90. The SMILES string of the molecule is C=C(/C=C/CCCCCCC)OCCS. The molecule has 0 saturated carbocycles. The molecule has 0 unspecified atom stereocenters. The van der Waals surface area contributed by atoms with E-state index in [4.69, 9.17) is 4.74 Å². The summed E-state index contributed by atoms with van der Waals surface area (Å²) in [6, 6.07) is 0. The standard InChI is InChI=1S/C13H24OS/c1-3-4-5-6-7-8-9-10-13(2)14-11-12-15/h9-10,15H,2-8,11-12H2,1H3/b10-9+. The van der Waals surface area contributed by atoms with Crippen LogP contribution in [-0.2, 0) is 4.74 Å². The topological polar surface area (TPSA) is 9.23 Å². The molecule has 15 heavy (non-hydrogen) atoms. The second-order valence-electron chi connectivity index (χ2n) is 3.64. The lowest BCUT2D eigenvalue weighted by Gasteiger charge is -2.02. The van der Waals surface area contributed by atoms with Crippen LogP contribution in [-0.4, -0.2) is 12.4 Å². The van der Waals surface area contributed by atoms with Gasteiger partial charge in [0, 0.05) is 5.75 Å². The van der Waals surface area contributed by atoms with E-state index < -0.39 is 0 Å². The highest BCUT2D eigenvalue weighted by Crippen LogP contribution is 2.06. The Labute approximate surface area is 100 Å². The van der Waals surface area contributed by atoms with Gasteiger partial charge in [-0.3, -0.25) is 0 Å². The van der Waals surface area contributed by atoms with E-state index in [1.807, 2.05) is 6.08 Å². The molecular formula is C13H24OS. The number of allylic oxidation sites excluding steroid dienone is 2. The molecule has 88 valence electrons. The summed E-state index contributed by atoms with van der Waals surface area (Å²) in [5.74, 6) is 1.49. The average Bonchev–Trinajstić information content (AvgIpc) is 2.25. The fraction of sp³-hybridized carbons (Fsp3) is 0.692. The summed E-state index contributed by atoms with van der Waals surface area (Å²) in [5, 5.41) is 0. The van der Waals surface area contributed by atoms with Crippen molar-refractivity contribution in [3.63, 3.8) is 0 Å². The fourth-order valence-corrected chi connectivity index (χ4v) is 1.40. The van der Waals surface area contributed by atoms with E-state index in [0.29, 0.717) is 6.61 Å². The molecule has 0 aliphatic carbocycles. The Morgan fingerprint density at radius 1 is 1.27 bits per heavy atom. The number of hydrogen-bond acceptors (Lipinski definition) is 2. The molecule has 0 saturated heterocycles. The van der Waals surface area contributed by atoms with Crippen LogP contribution in [0, 0.1) is 0 Å². The van der Waals surface area contributed by atoms with Crippen LogP contribution in [0.4, 0.5) is 0 Å². The molecule has 0 heterocycles. The van der Waals surface area contributed by atoms with E-state index in [9.17, 15) is 0 Å². The molecule has 0 aromatic heterocycles. The molecule has 2 heteroatoms. The first-order chi connectivity index (χ1) is 7.31. The Morgan fingerprint density at radius 2 is 2.00 bits per heavy atom. The fourth-order valence-electron chi connectivity index (χ4n) is 1.31. The van der Waals surface area contributed by atoms with Gasteiger partial charge < -0.3 is 4.74 Å². The Hall–Kier alpha value is -0.370. The third-order valence-corrected chi connectivity index (χ3v) is 2.34. The summed E-state index contributed by atoms with van der Waals surface area (Å²) in [5.41, 5.74) is 0. The predicted octanol–water partition coefficient (Wildman–Crippen LogP) is 4.36. The highest BCUT2D eigenvalue weighted by Gasteiger charge is 1.88. The third-order valence-electron chi connectivity index (χ3n) is 2.16. The van der Waals surface area contributed by atoms with E-state index in [-0.39, 0.29) is 0 Å². The quantitative estimate of drug-likeness (QED) is 0.253. The molecule has 0 aromatic carbocycles. The zero-order valence-corrected chi connectivity index (χ0v) is 10.8. The van der Waals surface area contributed by atoms with Crippen molar-refractivity contribution in [2.45, 2.75) is 45.4 Å². The van der Waals surface area contributed by atoms with Crippen molar-refractivity contribution in [1.29, 1.82) is 0 Å². The summed E-state index contributed by atoms with van der Waals surface area (Å²) in [4.78, 5) is 0. The zero-order valence-electron chi connectivity index (χ0n) is 9.87. The Kier molecular flexibility index (Phi) is 11.4. The van der Waals surface area contributed by atoms with Crippen molar-refractivity contribution in [3.8, 4) is 0 Å². The van der Waals surface area contributed by atoms with Crippen LogP contribution >= 0.6 is 12.6 Å².